The SMILES string of the molecule is CNC(=O)c1cccc(CCNc2cc(C)nc3c(F)cccc23)c1. The van der Waals surface area contributed by atoms with Gasteiger partial charge in [-0.25, -0.2) is 9.37 Å². The second kappa shape index (κ2) is 7.30. The van der Waals surface area contributed by atoms with E-state index in [1.165, 1.54) is 6.07 Å². The Kier molecular flexibility index (Phi) is 4.93. The van der Waals surface area contributed by atoms with Crippen molar-refractivity contribution in [3.8, 4) is 0 Å². The van der Waals surface area contributed by atoms with Gasteiger partial charge in [0.1, 0.15) is 11.3 Å². The average molecular weight is 337 g/mol. The van der Waals surface area contributed by atoms with Gasteiger partial charge in [-0.15, -0.1) is 0 Å². The van der Waals surface area contributed by atoms with Crippen molar-refractivity contribution in [2.75, 3.05) is 18.9 Å². The zero-order valence-corrected chi connectivity index (χ0v) is 14.3. The molecular weight excluding hydrogens is 317 g/mol. The van der Waals surface area contributed by atoms with Crippen molar-refractivity contribution in [1.82, 2.24) is 10.3 Å². The number of nitrogens with zero attached hydrogens (tertiary/aromatic N) is 1. The number of aryl methyl sites for hydroxylation is 1. The minimum absolute atomic E-state index is 0.0963. The quantitative estimate of drug-likeness (QED) is 0.746. The number of para-hydroxylation sites is 1. The Balaban J connectivity index is 1.76. The highest BCUT2D eigenvalue weighted by Crippen LogP contribution is 2.25. The van der Waals surface area contributed by atoms with Crippen LogP contribution in [0.3, 0.4) is 0 Å². The fourth-order valence-corrected chi connectivity index (χ4v) is 2.84. The monoisotopic (exact) mass is 337 g/mol. The first-order chi connectivity index (χ1) is 12.1. The van der Waals surface area contributed by atoms with Crippen molar-refractivity contribution < 1.29 is 9.18 Å². The Morgan fingerprint density at radius 2 is 1.96 bits per heavy atom. The summed E-state index contributed by atoms with van der Waals surface area (Å²) >= 11 is 0. The molecule has 0 atom stereocenters. The number of rotatable bonds is 5. The van der Waals surface area contributed by atoms with Gasteiger partial charge in [0.2, 0.25) is 0 Å². The van der Waals surface area contributed by atoms with Crippen LogP contribution in [0.2, 0.25) is 0 Å². The molecule has 2 aromatic carbocycles. The normalized spacial score (nSPS) is 10.7. The van der Waals surface area contributed by atoms with Crippen LogP contribution < -0.4 is 10.6 Å². The summed E-state index contributed by atoms with van der Waals surface area (Å²) in [5.41, 5.74) is 3.72. The summed E-state index contributed by atoms with van der Waals surface area (Å²) in [6.07, 6.45) is 0.753. The standard InChI is InChI=1S/C20H20FN3O/c1-13-11-18(16-7-4-8-17(21)19(16)24-13)23-10-9-14-5-3-6-15(12-14)20(25)22-2/h3-8,11-12H,9-10H2,1-2H3,(H,22,25)(H,23,24). The Labute approximate surface area is 146 Å². The molecule has 3 rings (SSSR count). The third-order valence-electron chi connectivity index (χ3n) is 4.06. The lowest BCUT2D eigenvalue weighted by atomic mass is 10.1. The largest absolute Gasteiger partial charge is 0.384 e. The molecule has 0 saturated heterocycles. The van der Waals surface area contributed by atoms with Gasteiger partial charge in [-0.1, -0.05) is 24.3 Å². The molecule has 0 aliphatic rings. The van der Waals surface area contributed by atoms with Gasteiger partial charge in [0.05, 0.1) is 0 Å². The number of carbonyl (C=O) groups is 1. The van der Waals surface area contributed by atoms with Crippen LogP contribution in [0.4, 0.5) is 10.1 Å². The van der Waals surface area contributed by atoms with E-state index in [0.717, 1.165) is 28.8 Å². The topological polar surface area (TPSA) is 54.0 Å². The fourth-order valence-electron chi connectivity index (χ4n) is 2.84. The predicted molar refractivity (Wildman–Crippen MR) is 98.5 cm³/mol. The second-order valence-electron chi connectivity index (χ2n) is 5.90. The number of aromatic nitrogens is 1. The summed E-state index contributed by atoms with van der Waals surface area (Å²) in [5, 5.41) is 6.75. The Bertz CT molecular complexity index is 924. The van der Waals surface area contributed by atoms with Crippen molar-refractivity contribution in [3.05, 3.63) is 71.2 Å². The Hall–Kier alpha value is -2.95. The molecule has 0 saturated carbocycles. The third-order valence-corrected chi connectivity index (χ3v) is 4.06. The molecule has 1 aromatic heterocycles. The molecular formula is C20H20FN3O. The number of anilines is 1. The first kappa shape index (κ1) is 16.9. The predicted octanol–water partition coefficient (Wildman–Crippen LogP) is 3.70. The molecule has 0 radical (unpaired) electrons. The summed E-state index contributed by atoms with van der Waals surface area (Å²) in [6.45, 7) is 2.52. The van der Waals surface area contributed by atoms with Gasteiger partial charge < -0.3 is 10.6 Å². The maximum Gasteiger partial charge on any atom is 0.251 e. The molecule has 2 N–H and O–H groups in total. The van der Waals surface area contributed by atoms with E-state index in [2.05, 4.69) is 15.6 Å². The van der Waals surface area contributed by atoms with Crippen molar-refractivity contribution in [2.45, 2.75) is 13.3 Å². The highest BCUT2D eigenvalue weighted by atomic mass is 19.1. The van der Waals surface area contributed by atoms with E-state index in [1.807, 2.05) is 37.3 Å². The van der Waals surface area contributed by atoms with Gasteiger partial charge in [-0.05, 0) is 43.2 Å². The molecule has 0 aliphatic carbocycles. The smallest absolute Gasteiger partial charge is 0.251 e. The molecule has 0 fully saturated rings. The number of halogens is 1. The number of benzene rings is 2. The highest BCUT2D eigenvalue weighted by molar-refractivity contribution is 5.94. The van der Waals surface area contributed by atoms with E-state index in [0.29, 0.717) is 17.6 Å². The molecule has 1 heterocycles. The molecule has 1 amide bonds. The molecule has 4 nitrogen and oxygen atoms in total. The fraction of sp³-hybridized carbons (Fsp3) is 0.200. The van der Waals surface area contributed by atoms with E-state index >= 15 is 0 Å². The van der Waals surface area contributed by atoms with Gasteiger partial charge in [-0.2, -0.15) is 0 Å². The van der Waals surface area contributed by atoms with E-state index in [9.17, 15) is 9.18 Å². The number of pyridine rings is 1. The van der Waals surface area contributed by atoms with E-state index in [-0.39, 0.29) is 11.7 Å². The first-order valence-electron chi connectivity index (χ1n) is 8.19. The number of nitrogens with one attached hydrogen (secondary N) is 2. The Morgan fingerprint density at radius 3 is 2.76 bits per heavy atom. The molecule has 0 spiro atoms. The zero-order chi connectivity index (χ0) is 17.8. The molecule has 0 aliphatic heterocycles. The van der Waals surface area contributed by atoms with Gasteiger partial charge in [0.25, 0.3) is 5.91 Å². The zero-order valence-electron chi connectivity index (χ0n) is 14.3. The van der Waals surface area contributed by atoms with E-state index < -0.39 is 0 Å². The van der Waals surface area contributed by atoms with Gasteiger partial charge in [0.15, 0.2) is 0 Å². The molecule has 3 aromatic rings. The maximum absolute atomic E-state index is 14.0. The van der Waals surface area contributed by atoms with E-state index in [1.54, 1.807) is 19.2 Å². The van der Waals surface area contributed by atoms with Crippen LogP contribution in [-0.2, 0) is 6.42 Å². The molecule has 128 valence electrons. The van der Waals surface area contributed by atoms with Gasteiger partial charge in [0, 0.05) is 35.9 Å². The van der Waals surface area contributed by atoms with Crippen molar-refractivity contribution >= 4 is 22.5 Å². The Morgan fingerprint density at radius 1 is 1.16 bits per heavy atom. The summed E-state index contributed by atoms with van der Waals surface area (Å²) in [4.78, 5) is 16.0. The lowest BCUT2D eigenvalue weighted by molar-refractivity contribution is 0.0963. The summed E-state index contributed by atoms with van der Waals surface area (Å²) in [7, 11) is 1.62. The van der Waals surface area contributed by atoms with Crippen LogP contribution in [0.25, 0.3) is 10.9 Å². The van der Waals surface area contributed by atoms with Crippen LogP contribution in [0.15, 0.2) is 48.5 Å². The third kappa shape index (κ3) is 3.76. The number of fused-ring (bicyclic) bond motifs is 1. The molecule has 0 bridgehead atoms. The average Bonchev–Trinajstić information content (AvgIpc) is 2.62. The van der Waals surface area contributed by atoms with Crippen molar-refractivity contribution in [1.29, 1.82) is 0 Å². The number of hydrogen-bond donors (Lipinski definition) is 2. The lowest BCUT2D eigenvalue weighted by Gasteiger charge is -2.11. The van der Waals surface area contributed by atoms with Crippen molar-refractivity contribution in [3.63, 3.8) is 0 Å². The number of amides is 1. The summed E-state index contributed by atoms with van der Waals surface area (Å²) in [6, 6.07) is 14.4. The van der Waals surface area contributed by atoms with Crippen molar-refractivity contribution in [2.24, 2.45) is 0 Å². The summed E-state index contributed by atoms with van der Waals surface area (Å²) in [5.74, 6) is -0.413. The number of hydrogen-bond acceptors (Lipinski definition) is 3. The molecule has 5 heteroatoms. The van der Waals surface area contributed by atoms with E-state index in [4.69, 9.17) is 0 Å². The van der Waals surface area contributed by atoms with Crippen LogP contribution in [-0.4, -0.2) is 24.5 Å². The van der Waals surface area contributed by atoms with Crippen LogP contribution in [0.5, 0.6) is 0 Å². The highest BCUT2D eigenvalue weighted by Gasteiger charge is 2.08. The summed E-state index contributed by atoms with van der Waals surface area (Å²) < 4.78 is 14.0. The van der Waals surface area contributed by atoms with Crippen LogP contribution >= 0.6 is 0 Å². The lowest BCUT2D eigenvalue weighted by Crippen LogP contribution is -2.18. The molecule has 25 heavy (non-hydrogen) atoms. The minimum Gasteiger partial charge on any atom is -0.384 e. The second-order valence-corrected chi connectivity index (χ2v) is 5.90. The first-order valence-corrected chi connectivity index (χ1v) is 8.19. The molecule has 0 unspecified atom stereocenters. The van der Waals surface area contributed by atoms with Gasteiger partial charge in [-0.3, -0.25) is 4.79 Å². The van der Waals surface area contributed by atoms with Gasteiger partial charge >= 0.3 is 0 Å². The number of carbonyl (C=O) groups excluding carboxylic acids is 1. The van der Waals surface area contributed by atoms with Crippen LogP contribution in [0, 0.1) is 12.7 Å². The maximum atomic E-state index is 14.0. The minimum atomic E-state index is -0.317. The van der Waals surface area contributed by atoms with Crippen LogP contribution in [0.1, 0.15) is 21.6 Å².